The van der Waals surface area contributed by atoms with Crippen LogP contribution in [-0.2, 0) is 4.74 Å². The van der Waals surface area contributed by atoms with Crippen molar-refractivity contribution in [1.29, 1.82) is 0 Å². The van der Waals surface area contributed by atoms with Crippen molar-refractivity contribution in [3.8, 4) is 5.75 Å². The minimum absolute atomic E-state index is 0.102. The van der Waals surface area contributed by atoms with Crippen LogP contribution in [-0.4, -0.2) is 49.9 Å². The highest BCUT2D eigenvalue weighted by Gasteiger charge is 2.28. The van der Waals surface area contributed by atoms with E-state index in [0.717, 1.165) is 24.3 Å². The number of halogens is 3. The number of hydrogen-bond donors (Lipinski definition) is 0. The lowest BCUT2D eigenvalue weighted by molar-refractivity contribution is -0.136. The second-order valence-electron chi connectivity index (χ2n) is 5.56. The first-order chi connectivity index (χ1) is 10.8. The molecular weight excluding hydrogens is 311 g/mol. The van der Waals surface area contributed by atoms with Crippen LogP contribution < -0.4 is 4.74 Å². The molecule has 1 fully saturated rings. The van der Waals surface area contributed by atoms with Crippen molar-refractivity contribution < 1.29 is 27.4 Å². The van der Waals surface area contributed by atoms with Crippen LogP contribution in [0.15, 0.2) is 24.3 Å². The number of ether oxygens (including phenoxy) is 2. The largest absolute Gasteiger partial charge is 0.491 e. The van der Waals surface area contributed by atoms with Gasteiger partial charge in [-0.15, -0.1) is 0 Å². The summed E-state index contributed by atoms with van der Waals surface area (Å²) in [5, 5.41) is 0. The Balaban J connectivity index is 1.84. The van der Waals surface area contributed by atoms with Crippen molar-refractivity contribution >= 4 is 5.91 Å². The molecule has 0 spiro atoms. The van der Waals surface area contributed by atoms with E-state index >= 15 is 0 Å². The van der Waals surface area contributed by atoms with E-state index in [2.05, 4.69) is 0 Å². The van der Waals surface area contributed by atoms with E-state index in [1.807, 2.05) is 0 Å². The quantitative estimate of drug-likeness (QED) is 0.803. The molecule has 0 aromatic heterocycles. The Labute approximate surface area is 133 Å². The monoisotopic (exact) mass is 331 g/mol. The van der Waals surface area contributed by atoms with Crippen LogP contribution in [0.3, 0.4) is 0 Å². The van der Waals surface area contributed by atoms with Crippen molar-refractivity contribution in [3.05, 3.63) is 29.8 Å². The van der Waals surface area contributed by atoms with Gasteiger partial charge in [0.2, 0.25) is 0 Å². The van der Waals surface area contributed by atoms with Gasteiger partial charge in [-0.25, -0.2) is 0 Å². The van der Waals surface area contributed by atoms with Crippen LogP contribution in [0.1, 0.15) is 29.6 Å². The smallest absolute Gasteiger partial charge is 0.390 e. The number of alkyl halides is 3. The van der Waals surface area contributed by atoms with Gasteiger partial charge in [0.15, 0.2) is 0 Å². The molecule has 2 rings (SSSR count). The van der Waals surface area contributed by atoms with Crippen LogP contribution >= 0.6 is 0 Å². The number of amides is 1. The van der Waals surface area contributed by atoms with Gasteiger partial charge < -0.3 is 14.4 Å². The second-order valence-corrected chi connectivity index (χ2v) is 5.56. The molecule has 1 saturated heterocycles. The first kappa shape index (κ1) is 17.6. The van der Waals surface area contributed by atoms with Crippen LogP contribution in [0.4, 0.5) is 13.2 Å². The van der Waals surface area contributed by atoms with Crippen LogP contribution in [0.2, 0.25) is 0 Å². The summed E-state index contributed by atoms with van der Waals surface area (Å²) in [5.41, 5.74) is 0.333. The number of carbonyl (C=O) groups is 1. The highest BCUT2D eigenvalue weighted by atomic mass is 19.4. The lowest BCUT2D eigenvalue weighted by Crippen LogP contribution is -2.30. The molecule has 1 aliphatic heterocycles. The van der Waals surface area contributed by atoms with Gasteiger partial charge in [0.05, 0.1) is 12.5 Å². The molecule has 4 nitrogen and oxygen atoms in total. The summed E-state index contributed by atoms with van der Waals surface area (Å²) in [6.45, 7) is 0.851. The molecule has 128 valence electrons. The average molecular weight is 331 g/mol. The van der Waals surface area contributed by atoms with E-state index in [4.69, 9.17) is 9.47 Å². The SMILES string of the molecule is CN(CCC(F)(F)F)C(=O)c1ccc(OCC2CCCO2)cc1. The maximum Gasteiger partial charge on any atom is 0.390 e. The number of rotatable bonds is 6. The molecule has 0 saturated carbocycles. The van der Waals surface area contributed by atoms with Gasteiger partial charge >= 0.3 is 6.18 Å². The van der Waals surface area contributed by atoms with Gasteiger partial charge in [0.25, 0.3) is 5.91 Å². The fourth-order valence-electron chi connectivity index (χ4n) is 2.28. The van der Waals surface area contributed by atoms with Gasteiger partial charge in [-0.3, -0.25) is 4.79 Å². The molecule has 1 atom stereocenters. The zero-order valence-electron chi connectivity index (χ0n) is 12.9. The van der Waals surface area contributed by atoms with Crippen molar-refractivity contribution in [2.45, 2.75) is 31.5 Å². The Hall–Kier alpha value is -1.76. The van der Waals surface area contributed by atoms with E-state index in [1.54, 1.807) is 24.3 Å². The molecule has 0 aliphatic carbocycles. The van der Waals surface area contributed by atoms with E-state index < -0.39 is 18.5 Å². The minimum Gasteiger partial charge on any atom is -0.491 e. The molecule has 1 aliphatic rings. The van der Waals surface area contributed by atoms with Crippen LogP contribution in [0.25, 0.3) is 0 Å². The summed E-state index contributed by atoms with van der Waals surface area (Å²) in [6.07, 6.45) is -3.18. The van der Waals surface area contributed by atoms with Crippen molar-refractivity contribution in [2.75, 3.05) is 26.8 Å². The summed E-state index contributed by atoms with van der Waals surface area (Å²) in [7, 11) is 1.36. The third-order valence-electron chi connectivity index (χ3n) is 3.64. The molecule has 1 aromatic carbocycles. The number of benzene rings is 1. The lowest BCUT2D eigenvalue weighted by atomic mass is 10.2. The van der Waals surface area contributed by atoms with Gasteiger partial charge in [-0.2, -0.15) is 13.2 Å². The zero-order chi connectivity index (χ0) is 16.9. The summed E-state index contributed by atoms with van der Waals surface area (Å²) < 4.78 is 47.6. The van der Waals surface area contributed by atoms with Gasteiger partial charge in [-0.1, -0.05) is 0 Å². The Morgan fingerprint density at radius 3 is 2.61 bits per heavy atom. The van der Waals surface area contributed by atoms with E-state index in [0.29, 0.717) is 17.9 Å². The van der Waals surface area contributed by atoms with Gasteiger partial charge in [0, 0.05) is 25.8 Å². The van der Waals surface area contributed by atoms with Crippen molar-refractivity contribution in [1.82, 2.24) is 4.90 Å². The molecule has 7 heteroatoms. The van der Waals surface area contributed by atoms with Crippen LogP contribution in [0, 0.1) is 0 Å². The molecule has 1 aromatic rings. The highest BCUT2D eigenvalue weighted by Crippen LogP contribution is 2.21. The molecular formula is C16H20F3NO3. The molecule has 0 radical (unpaired) electrons. The molecule has 1 unspecified atom stereocenters. The lowest BCUT2D eigenvalue weighted by Gasteiger charge is -2.18. The van der Waals surface area contributed by atoms with E-state index in [9.17, 15) is 18.0 Å². The maximum absolute atomic E-state index is 12.2. The fourth-order valence-corrected chi connectivity index (χ4v) is 2.28. The van der Waals surface area contributed by atoms with Crippen molar-refractivity contribution in [2.24, 2.45) is 0 Å². The topological polar surface area (TPSA) is 38.8 Å². The van der Waals surface area contributed by atoms with Gasteiger partial charge in [0.1, 0.15) is 12.4 Å². The Bertz CT molecular complexity index is 510. The van der Waals surface area contributed by atoms with E-state index in [1.165, 1.54) is 7.05 Å². The average Bonchev–Trinajstić information content (AvgIpc) is 3.03. The molecule has 0 N–H and O–H groups in total. The summed E-state index contributed by atoms with van der Waals surface area (Å²) in [5.74, 6) is 0.162. The van der Waals surface area contributed by atoms with Gasteiger partial charge in [-0.05, 0) is 37.1 Å². The normalized spacial score (nSPS) is 18.0. The molecule has 0 bridgehead atoms. The maximum atomic E-state index is 12.2. The summed E-state index contributed by atoms with van der Waals surface area (Å²) in [6, 6.07) is 6.38. The fraction of sp³-hybridized carbons (Fsp3) is 0.562. The van der Waals surface area contributed by atoms with Crippen molar-refractivity contribution in [3.63, 3.8) is 0 Å². The first-order valence-corrected chi connectivity index (χ1v) is 7.52. The Morgan fingerprint density at radius 1 is 1.35 bits per heavy atom. The van der Waals surface area contributed by atoms with Crippen LogP contribution in [0.5, 0.6) is 5.75 Å². The zero-order valence-corrected chi connectivity index (χ0v) is 12.9. The number of carbonyl (C=O) groups excluding carboxylic acids is 1. The third-order valence-corrected chi connectivity index (χ3v) is 3.64. The minimum atomic E-state index is -4.27. The molecule has 1 amide bonds. The molecule has 1 heterocycles. The summed E-state index contributed by atoms with van der Waals surface area (Å²) in [4.78, 5) is 13.1. The first-order valence-electron chi connectivity index (χ1n) is 7.52. The Morgan fingerprint density at radius 2 is 2.04 bits per heavy atom. The summed E-state index contributed by atoms with van der Waals surface area (Å²) >= 11 is 0. The Kier molecular flexibility index (Phi) is 5.87. The predicted molar refractivity (Wildman–Crippen MR) is 78.5 cm³/mol. The third kappa shape index (κ3) is 5.74. The second kappa shape index (κ2) is 7.68. The number of hydrogen-bond acceptors (Lipinski definition) is 3. The highest BCUT2D eigenvalue weighted by molar-refractivity contribution is 5.94. The number of nitrogens with zero attached hydrogens (tertiary/aromatic N) is 1. The van der Waals surface area contributed by atoms with E-state index in [-0.39, 0.29) is 12.6 Å². The standard InChI is InChI=1S/C16H20F3NO3/c1-20(9-8-16(17,18)19)15(21)12-4-6-13(7-5-12)23-11-14-3-2-10-22-14/h4-7,14H,2-3,8-11H2,1H3. The predicted octanol–water partition coefficient (Wildman–Crippen LogP) is 3.27. The molecule has 23 heavy (non-hydrogen) atoms.